The largest absolute Gasteiger partial charge is 0.494 e. The van der Waals surface area contributed by atoms with Crippen LogP contribution in [0.1, 0.15) is 20.7 Å². The van der Waals surface area contributed by atoms with Crippen LogP contribution in [0.25, 0.3) is 0 Å². The molecular weight excluding hydrogens is 406 g/mol. The molecule has 26 heavy (non-hydrogen) atoms. The summed E-state index contributed by atoms with van der Waals surface area (Å²) in [5, 5.41) is 5.46. The van der Waals surface area contributed by atoms with Crippen molar-refractivity contribution in [1.29, 1.82) is 0 Å². The van der Waals surface area contributed by atoms with E-state index in [1.54, 1.807) is 0 Å². The molecule has 9 heteroatoms. The maximum atomic E-state index is 13.7. The van der Waals surface area contributed by atoms with Gasteiger partial charge in [-0.05, 0) is 24.3 Å². The number of hydrogen-bond donors (Lipinski definition) is 2. The minimum absolute atomic E-state index is 0.00183. The summed E-state index contributed by atoms with van der Waals surface area (Å²) < 4.78 is 18.8. The molecule has 0 spiro atoms. The van der Waals surface area contributed by atoms with E-state index in [0.717, 1.165) is 6.07 Å². The second-order valence-electron chi connectivity index (χ2n) is 5.05. The van der Waals surface area contributed by atoms with Crippen molar-refractivity contribution in [3.05, 3.63) is 62.3 Å². The number of benzene rings is 2. The van der Waals surface area contributed by atoms with Crippen molar-refractivity contribution in [3.63, 3.8) is 0 Å². The van der Waals surface area contributed by atoms with Crippen molar-refractivity contribution in [2.24, 2.45) is 0 Å². The quantitative estimate of drug-likeness (QED) is 0.697. The predicted molar refractivity (Wildman–Crippen MR) is 99.1 cm³/mol. The van der Waals surface area contributed by atoms with Gasteiger partial charge >= 0.3 is 0 Å². The predicted octanol–water partition coefficient (Wildman–Crippen LogP) is 3.95. The lowest BCUT2D eigenvalue weighted by Crippen LogP contribution is -2.35. The molecule has 0 aliphatic rings. The number of ether oxygens (including phenoxy) is 1. The summed E-state index contributed by atoms with van der Waals surface area (Å²) in [5.74, 6) is -1.78. The van der Waals surface area contributed by atoms with Gasteiger partial charge in [0.1, 0.15) is 11.4 Å². The number of halogens is 4. The highest BCUT2D eigenvalue weighted by atomic mass is 35.5. The van der Waals surface area contributed by atoms with Gasteiger partial charge in [-0.1, -0.05) is 40.9 Å². The fourth-order valence-corrected chi connectivity index (χ4v) is 2.91. The molecule has 2 rings (SSSR count). The Balaban J connectivity index is 1.96. The van der Waals surface area contributed by atoms with Crippen molar-refractivity contribution in [2.75, 3.05) is 20.2 Å². The van der Waals surface area contributed by atoms with Crippen molar-refractivity contribution < 1.29 is 18.7 Å². The van der Waals surface area contributed by atoms with Gasteiger partial charge in [0.25, 0.3) is 11.8 Å². The normalized spacial score (nSPS) is 10.3. The molecule has 5 nitrogen and oxygen atoms in total. The Morgan fingerprint density at radius 2 is 1.46 bits per heavy atom. The summed E-state index contributed by atoms with van der Waals surface area (Å²) >= 11 is 17.8. The Bertz CT molecular complexity index is 826. The summed E-state index contributed by atoms with van der Waals surface area (Å²) in [6.45, 7) is 0.123. The fourth-order valence-electron chi connectivity index (χ4n) is 2.19. The van der Waals surface area contributed by atoms with Crippen LogP contribution in [0, 0.1) is 5.82 Å². The highest BCUT2D eigenvalue weighted by Gasteiger charge is 2.19. The maximum Gasteiger partial charge on any atom is 0.256 e. The van der Waals surface area contributed by atoms with E-state index in [1.165, 1.54) is 31.4 Å². The van der Waals surface area contributed by atoms with Crippen molar-refractivity contribution in [2.45, 2.75) is 0 Å². The molecule has 0 atom stereocenters. The zero-order chi connectivity index (χ0) is 19.3. The molecule has 2 N–H and O–H groups in total. The minimum atomic E-state index is -0.727. The lowest BCUT2D eigenvalue weighted by atomic mass is 10.2. The number of nitrogens with one attached hydrogen (secondary N) is 2. The van der Waals surface area contributed by atoms with Crippen LogP contribution >= 0.6 is 34.8 Å². The molecule has 0 aliphatic carbocycles. The molecule has 0 saturated heterocycles. The van der Waals surface area contributed by atoms with E-state index < -0.39 is 17.6 Å². The van der Waals surface area contributed by atoms with Crippen LogP contribution in [0.15, 0.2) is 30.3 Å². The van der Waals surface area contributed by atoms with E-state index in [-0.39, 0.29) is 45.0 Å². The monoisotopic (exact) mass is 418 g/mol. The van der Waals surface area contributed by atoms with Crippen LogP contribution in [0.2, 0.25) is 15.1 Å². The third kappa shape index (κ3) is 4.58. The lowest BCUT2D eigenvalue weighted by Gasteiger charge is -2.13. The molecule has 0 heterocycles. The van der Waals surface area contributed by atoms with Crippen molar-refractivity contribution >= 4 is 46.6 Å². The number of carbonyl (C=O) groups excluding carboxylic acids is 2. The van der Waals surface area contributed by atoms with Crippen molar-refractivity contribution in [1.82, 2.24) is 10.6 Å². The van der Waals surface area contributed by atoms with Gasteiger partial charge in [-0.25, -0.2) is 4.39 Å². The average molecular weight is 420 g/mol. The molecule has 0 radical (unpaired) electrons. The van der Waals surface area contributed by atoms with E-state index >= 15 is 0 Å². The van der Waals surface area contributed by atoms with E-state index in [0.29, 0.717) is 0 Å². The van der Waals surface area contributed by atoms with Gasteiger partial charge in [-0.3, -0.25) is 9.59 Å². The topological polar surface area (TPSA) is 67.4 Å². The SMILES string of the molecule is COc1c(Cl)ccc(Cl)c1C(=O)NCCNC(=O)c1c(F)cccc1Cl. The Labute approximate surface area is 164 Å². The zero-order valence-corrected chi connectivity index (χ0v) is 15.8. The first-order chi connectivity index (χ1) is 12.4. The molecule has 2 amide bonds. The van der Waals surface area contributed by atoms with Crippen molar-refractivity contribution in [3.8, 4) is 5.75 Å². The standard InChI is InChI=1S/C17H14Cl3FN2O3/c1-26-15-11(20)6-5-10(19)14(15)17(25)23-8-7-22-16(24)13-9(18)3-2-4-12(13)21/h2-6H,7-8H2,1H3,(H,22,24)(H,23,25). The van der Waals surface area contributed by atoms with Crippen LogP contribution in [0.4, 0.5) is 4.39 Å². The summed E-state index contributed by atoms with van der Waals surface area (Å²) in [5.41, 5.74) is -0.162. The Hall–Kier alpha value is -2.02. The summed E-state index contributed by atoms with van der Waals surface area (Å²) in [4.78, 5) is 24.3. The summed E-state index contributed by atoms with van der Waals surface area (Å²) in [6, 6.07) is 6.93. The molecule has 0 unspecified atom stereocenters. The highest BCUT2D eigenvalue weighted by Crippen LogP contribution is 2.33. The van der Waals surface area contributed by atoms with Crippen LogP contribution in [-0.4, -0.2) is 32.0 Å². The number of amides is 2. The first-order valence-electron chi connectivity index (χ1n) is 7.39. The second-order valence-corrected chi connectivity index (χ2v) is 6.27. The molecular formula is C17H14Cl3FN2O3. The summed E-state index contributed by atoms with van der Waals surface area (Å²) in [7, 11) is 1.37. The molecule has 0 aromatic heterocycles. The zero-order valence-electron chi connectivity index (χ0n) is 13.5. The van der Waals surface area contributed by atoms with Gasteiger partial charge in [0.2, 0.25) is 0 Å². The third-order valence-corrected chi connectivity index (χ3v) is 4.30. The Kier molecular flexibility index (Phi) is 7.08. The summed E-state index contributed by atoms with van der Waals surface area (Å²) in [6.07, 6.45) is 0. The van der Waals surface area contributed by atoms with Crippen LogP contribution in [-0.2, 0) is 0 Å². The lowest BCUT2D eigenvalue weighted by molar-refractivity contribution is 0.0924. The molecule has 138 valence electrons. The maximum absolute atomic E-state index is 13.7. The van der Waals surface area contributed by atoms with E-state index in [1.807, 2.05) is 0 Å². The van der Waals surface area contributed by atoms with Gasteiger partial charge in [0.05, 0.1) is 27.7 Å². The second kappa shape index (κ2) is 9.07. The number of rotatable bonds is 6. The molecule has 0 fully saturated rings. The van der Waals surface area contributed by atoms with Crippen LogP contribution in [0.3, 0.4) is 0 Å². The molecule has 0 bridgehead atoms. The van der Waals surface area contributed by atoms with Gasteiger partial charge in [0, 0.05) is 13.1 Å². The average Bonchev–Trinajstić information content (AvgIpc) is 2.60. The first-order valence-corrected chi connectivity index (χ1v) is 8.52. The highest BCUT2D eigenvalue weighted by molar-refractivity contribution is 6.37. The van der Waals surface area contributed by atoms with E-state index in [9.17, 15) is 14.0 Å². The first kappa shape index (κ1) is 20.3. The van der Waals surface area contributed by atoms with Gasteiger partial charge in [-0.15, -0.1) is 0 Å². The Morgan fingerprint density at radius 1 is 0.923 bits per heavy atom. The number of methoxy groups -OCH3 is 1. The Morgan fingerprint density at radius 3 is 2.04 bits per heavy atom. The molecule has 0 saturated carbocycles. The molecule has 2 aromatic carbocycles. The fraction of sp³-hybridized carbons (Fsp3) is 0.176. The van der Waals surface area contributed by atoms with E-state index in [2.05, 4.69) is 10.6 Å². The van der Waals surface area contributed by atoms with Gasteiger partial charge < -0.3 is 15.4 Å². The molecule has 0 aliphatic heterocycles. The number of carbonyl (C=O) groups is 2. The van der Waals surface area contributed by atoms with Gasteiger partial charge in [-0.2, -0.15) is 0 Å². The van der Waals surface area contributed by atoms with E-state index in [4.69, 9.17) is 39.5 Å². The number of hydrogen-bond acceptors (Lipinski definition) is 3. The van der Waals surface area contributed by atoms with Crippen LogP contribution in [0.5, 0.6) is 5.75 Å². The third-order valence-electron chi connectivity index (χ3n) is 3.38. The molecule has 2 aromatic rings. The smallest absolute Gasteiger partial charge is 0.256 e. The van der Waals surface area contributed by atoms with Crippen LogP contribution < -0.4 is 15.4 Å². The van der Waals surface area contributed by atoms with Gasteiger partial charge in [0.15, 0.2) is 5.75 Å². The minimum Gasteiger partial charge on any atom is -0.494 e.